The van der Waals surface area contributed by atoms with Crippen LogP contribution in [0.3, 0.4) is 0 Å². The summed E-state index contributed by atoms with van der Waals surface area (Å²) in [7, 11) is 0. The number of benzene rings is 1. The molecule has 1 atom stereocenters. The van der Waals surface area contributed by atoms with Gasteiger partial charge >= 0.3 is 0 Å². The summed E-state index contributed by atoms with van der Waals surface area (Å²) in [5, 5.41) is 1.25. The van der Waals surface area contributed by atoms with Crippen molar-refractivity contribution < 1.29 is 4.79 Å². The second-order valence-electron chi connectivity index (χ2n) is 7.24. The first-order valence-corrected chi connectivity index (χ1v) is 9.38. The van der Waals surface area contributed by atoms with E-state index in [-0.39, 0.29) is 0 Å². The van der Waals surface area contributed by atoms with E-state index in [0.29, 0.717) is 18.4 Å². The van der Waals surface area contributed by atoms with E-state index in [2.05, 4.69) is 39.2 Å². The van der Waals surface area contributed by atoms with E-state index in [1.54, 1.807) is 0 Å². The van der Waals surface area contributed by atoms with Gasteiger partial charge in [-0.25, -0.2) is 0 Å². The molecule has 4 rings (SSSR count). The molecule has 2 aromatic rings. The number of fused-ring (bicyclic) bond motifs is 1. The zero-order chi connectivity index (χ0) is 16.4. The van der Waals surface area contributed by atoms with Crippen molar-refractivity contribution in [3.8, 4) is 0 Å². The molecule has 4 heteroatoms. The highest BCUT2D eigenvalue weighted by Crippen LogP contribution is 2.22. The van der Waals surface area contributed by atoms with Crippen LogP contribution in [0.5, 0.6) is 0 Å². The number of amides is 1. The number of hydrogen-bond donors (Lipinski definition) is 1. The summed E-state index contributed by atoms with van der Waals surface area (Å²) < 4.78 is 0. The Bertz CT molecular complexity index is 702. The minimum Gasteiger partial charge on any atom is -0.361 e. The van der Waals surface area contributed by atoms with Gasteiger partial charge in [-0.1, -0.05) is 18.2 Å². The van der Waals surface area contributed by atoms with Gasteiger partial charge in [0.05, 0.1) is 0 Å². The number of aromatic nitrogens is 1. The second kappa shape index (κ2) is 6.98. The van der Waals surface area contributed by atoms with Crippen LogP contribution in [-0.2, 0) is 11.2 Å². The summed E-state index contributed by atoms with van der Waals surface area (Å²) in [6.45, 7) is 4.33. The fraction of sp³-hybridized carbons (Fsp3) is 0.550. The van der Waals surface area contributed by atoms with Crippen LogP contribution in [0.4, 0.5) is 0 Å². The maximum absolute atomic E-state index is 12.7. The number of nitrogens with zero attached hydrogens (tertiary/aromatic N) is 2. The third-order valence-electron chi connectivity index (χ3n) is 5.69. The Balaban J connectivity index is 1.35. The van der Waals surface area contributed by atoms with Crippen molar-refractivity contribution in [3.05, 3.63) is 36.0 Å². The third kappa shape index (κ3) is 3.20. The Hall–Kier alpha value is -1.81. The second-order valence-corrected chi connectivity index (χ2v) is 7.24. The monoisotopic (exact) mass is 325 g/mol. The Morgan fingerprint density at radius 1 is 1.12 bits per heavy atom. The zero-order valence-electron chi connectivity index (χ0n) is 14.3. The lowest BCUT2D eigenvalue weighted by Gasteiger charge is -2.37. The molecule has 0 bridgehead atoms. The maximum atomic E-state index is 12.7. The van der Waals surface area contributed by atoms with Crippen LogP contribution in [-0.4, -0.2) is 52.9 Å². The van der Waals surface area contributed by atoms with Crippen molar-refractivity contribution in [2.45, 2.75) is 44.6 Å². The number of piperidine rings is 1. The van der Waals surface area contributed by atoms with E-state index in [9.17, 15) is 4.79 Å². The SMILES string of the molecule is O=C(CCc1c[nH]c2ccccc12)N1CCCC(N2CCCC2)C1. The van der Waals surface area contributed by atoms with E-state index in [1.807, 2.05) is 6.07 Å². The minimum absolute atomic E-state index is 0.323. The van der Waals surface area contributed by atoms with E-state index >= 15 is 0 Å². The number of aromatic amines is 1. The molecule has 3 heterocycles. The van der Waals surface area contributed by atoms with Crippen LogP contribution in [0.1, 0.15) is 37.7 Å². The Morgan fingerprint density at radius 3 is 2.83 bits per heavy atom. The predicted octanol–water partition coefficient (Wildman–Crippen LogP) is 3.19. The quantitative estimate of drug-likeness (QED) is 0.938. The predicted molar refractivity (Wildman–Crippen MR) is 97.0 cm³/mol. The fourth-order valence-electron chi connectivity index (χ4n) is 4.32. The first-order chi connectivity index (χ1) is 11.8. The highest BCUT2D eigenvalue weighted by atomic mass is 16.2. The van der Waals surface area contributed by atoms with Gasteiger partial charge in [0.2, 0.25) is 5.91 Å². The summed E-state index contributed by atoms with van der Waals surface area (Å²) in [5.74, 6) is 0.323. The van der Waals surface area contributed by atoms with E-state index in [1.165, 1.54) is 43.3 Å². The summed E-state index contributed by atoms with van der Waals surface area (Å²) in [6, 6.07) is 8.92. The Morgan fingerprint density at radius 2 is 1.96 bits per heavy atom. The molecule has 2 saturated heterocycles. The van der Waals surface area contributed by atoms with Gasteiger partial charge in [0, 0.05) is 42.7 Å². The summed E-state index contributed by atoms with van der Waals surface area (Å²) in [4.78, 5) is 20.7. The number of carbonyl (C=O) groups excluding carboxylic acids is 1. The van der Waals surface area contributed by atoms with E-state index < -0.39 is 0 Å². The van der Waals surface area contributed by atoms with Crippen molar-refractivity contribution >= 4 is 16.8 Å². The molecule has 1 unspecified atom stereocenters. The van der Waals surface area contributed by atoms with E-state index in [0.717, 1.165) is 31.4 Å². The van der Waals surface area contributed by atoms with Crippen molar-refractivity contribution in [1.82, 2.24) is 14.8 Å². The van der Waals surface area contributed by atoms with Crippen molar-refractivity contribution in [1.29, 1.82) is 0 Å². The number of hydrogen-bond acceptors (Lipinski definition) is 2. The molecule has 2 aliphatic rings. The molecule has 4 nitrogen and oxygen atoms in total. The van der Waals surface area contributed by atoms with Gasteiger partial charge in [0.15, 0.2) is 0 Å². The molecule has 1 N–H and O–H groups in total. The number of H-pyrrole nitrogens is 1. The Kier molecular flexibility index (Phi) is 4.56. The standard InChI is InChI=1S/C20H27N3O/c24-20(10-9-16-14-21-19-8-2-1-7-18(16)19)23-13-5-6-17(15-23)22-11-3-4-12-22/h1-2,7-8,14,17,21H,3-6,9-13,15H2. The first kappa shape index (κ1) is 15.7. The number of aryl methyl sites for hydroxylation is 1. The third-order valence-corrected chi connectivity index (χ3v) is 5.69. The molecule has 0 aliphatic carbocycles. The molecule has 1 amide bonds. The van der Waals surface area contributed by atoms with Crippen LogP contribution in [0.15, 0.2) is 30.5 Å². The lowest BCUT2D eigenvalue weighted by Crippen LogP contribution is -2.49. The largest absolute Gasteiger partial charge is 0.361 e. The van der Waals surface area contributed by atoms with Crippen LogP contribution in [0.25, 0.3) is 10.9 Å². The molecule has 128 valence electrons. The number of likely N-dealkylation sites (tertiary alicyclic amines) is 2. The molecule has 2 aliphatic heterocycles. The number of nitrogens with one attached hydrogen (secondary N) is 1. The maximum Gasteiger partial charge on any atom is 0.222 e. The summed E-state index contributed by atoms with van der Waals surface area (Å²) in [6.07, 6.45) is 8.56. The average Bonchev–Trinajstić information content (AvgIpc) is 3.30. The fourth-order valence-corrected chi connectivity index (χ4v) is 4.32. The van der Waals surface area contributed by atoms with Crippen molar-refractivity contribution in [3.63, 3.8) is 0 Å². The van der Waals surface area contributed by atoms with Gasteiger partial charge in [-0.3, -0.25) is 9.69 Å². The lowest BCUT2D eigenvalue weighted by molar-refractivity contribution is -0.133. The van der Waals surface area contributed by atoms with Crippen molar-refractivity contribution in [2.24, 2.45) is 0 Å². The molecular weight excluding hydrogens is 298 g/mol. The number of rotatable bonds is 4. The molecule has 0 radical (unpaired) electrons. The summed E-state index contributed by atoms with van der Waals surface area (Å²) in [5.41, 5.74) is 2.42. The molecule has 1 aromatic carbocycles. The molecule has 2 fully saturated rings. The molecule has 0 saturated carbocycles. The van der Waals surface area contributed by atoms with Gasteiger partial charge in [0.25, 0.3) is 0 Å². The zero-order valence-corrected chi connectivity index (χ0v) is 14.3. The average molecular weight is 325 g/mol. The van der Waals surface area contributed by atoms with Crippen LogP contribution >= 0.6 is 0 Å². The highest BCUT2D eigenvalue weighted by molar-refractivity contribution is 5.84. The minimum atomic E-state index is 0.323. The van der Waals surface area contributed by atoms with Crippen LogP contribution in [0.2, 0.25) is 0 Å². The van der Waals surface area contributed by atoms with Crippen LogP contribution in [0, 0.1) is 0 Å². The molecule has 24 heavy (non-hydrogen) atoms. The van der Waals surface area contributed by atoms with Crippen LogP contribution < -0.4 is 0 Å². The van der Waals surface area contributed by atoms with Gasteiger partial charge in [-0.05, 0) is 56.8 Å². The van der Waals surface area contributed by atoms with Gasteiger partial charge < -0.3 is 9.88 Å². The normalized spacial score (nSPS) is 22.3. The topological polar surface area (TPSA) is 39.3 Å². The lowest BCUT2D eigenvalue weighted by atomic mass is 10.0. The smallest absolute Gasteiger partial charge is 0.222 e. The number of carbonyl (C=O) groups is 1. The Labute approximate surface area is 143 Å². The van der Waals surface area contributed by atoms with Gasteiger partial charge in [-0.15, -0.1) is 0 Å². The molecule has 0 spiro atoms. The first-order valence-electron chi connectivity index (χ1n) is 9.38. The molecular formula is C20H27N3O. The number of para-hydroxylation sites is 1. The highest BCUT2D eigenvalue weighted by Gasteiger charge is 2.29. The van der Waals surface area contributed by atoms with Gasteiger partial charge in [0.1, 0.15) is 0 Å². The molecule has 1 aromatic heterocycles. The summed E-state index contributed by atoms with van der Waals surface area (Å²) >= 11 is 0. The van der Waals surface area contributed by atoms with Gasteiger partial charge in [-0.2, -0.15) is 0 Å². The van der Waals surface area contributed by atoms with Crippen molar-refractivity contribution in [2.75, 3.05) is 26.2 Å². The van der Waals surface area contributed by atoms with E-state index in [4.69, 9.17) is 0 Å².